The summed E-state index contributed by atoms with van der Waals surface area (Å²) in [6, 6.07) is 0.936. The molecule has 0 atom stereocenters. The predicted molar refractivity (Wildman–Crippen MR) is 62.9 cm³/mol. The van der Waals surface area contributed by atoms with Crippen LogP contribution in [0.5, 0.6) is 5.88 Å². The van der Waals surface area contributed by atoms with Crippen molar-refractivity contribution < 1.29 is 27.8 Å². The van der Waals surface area contributed by atoms with Crippen molar-refractivity contribution in [2.45, 2.75) is 19.3 Å². The molecule has 0 saturated carbocycles. The second-order valence-electron chi connectivity index (χ2n) is 3.21. The molecule has 0 spiro atoms. The summed E-state index contributed by atoms with van der Waals surface area (Å²) in [4.78, 5) is 14.2. The number of hydrogen-bond acceptors (Lipinski definition) is 4. The van der Waals surface area contributed by atoms with Crippen molar-refractivity contribution in [3.05, 3.63) is 20.9 Å². The fraction of sp³-hybridized carbons (Fsp3) is 0.333. The summed E-state index contributed by atoms with van der Waals surface area (Å²) in [6.07, 6.45) is -5.32. The average molecular weight is 376 g/mol. The molecular weight excluding hydrogens is 368 g/mol. The zero-order chi connectivity index (χ0) is 13.9. The highest BCUT2D eigenvalue weighted by Crippen LogP contribution is 2.25. The zero-order valence-corrected chi connectivity index (χ0v) is 10.9. The van der Waals surface area contributed by atoms with E-state index in [-0.39, 0.29) is 15.8 Å². The molecule has 0 aromatic carbocycles. The van der Waals surface area contributed by atoms with E-state index in [2.05, 4.69) is 9.72 Å². The largest absolute Gasteiger partial charge is 0.574 e. The van der Waals surface area contributed by atoms with Crippen LogP contribution in [0.1, 0.15) is 11.1 Å². The van der Waals surface area contributed by atoms with Gasteiger partial charge >= 0.3 is 12.3 Å². The Morgan fingerprint density at radius 1 is 1.56 bits per heavy atom. The third-order valence-corrected chi connectivity index (χ3v) is 2.80. The van der Waals surface area contributed by atoms with Crippen molar-refractivity contribution in [3.8, 4) is 5.88 Å². The van der Waals surface area contributed by atoms with Crippen LogP contribution in [0.25, 0.3) is 0 Å². The number of rotatable bonds is 4. The molecule has 9 heteroatoms. The summed E-state index contributed by atoms with van der Waals surface area (Å²) < 4.78 is 40.0. The summed E-state index contributed by atoms with van der Waals surface area (Å²) in [7, 11) is 0. The van der Waals surface area contributed by atoms with E-state index < -0.39 is 24.6 Å². The normalized spacial score (nSPS) is 11.4. The van der Waals surface area contributed by atoms with Gasteiger partial charge < -0.3 is 15.6 Å². The highest BCUT2D eigenvalue weighted by atomic mass is 127. The molecule has 5 nitrogen and oxygen atoms in total. The van der Waals surface area contributed by atoms with Gasteiger partial charge in [0.1, 0.15) is 3.70 Å². The van der Waals surface area contributed by atoms with Crippen LogP contribution in [-0.4, -0.2) is 22.4 Å². The molecule has 1 aromatic rings. The first-order valence-electron chi connectivity index (χ1n) is 4.59. The Labute approximate surface area is 113 Å². The number of carboxylic acids is 1. The van der Waals surface area contributed by atoms with Crippen molar-refractivity contribution in [3.63, 3.8) is 0 Å². The number of hydrogen-bond donors (Lipinski definition) is 2. The van der Waals surface area contributed by atoms with E-state index in [1.807, 2.05) is 0 Å². The lowest BCUT2D eigenvalue weighted by Crippen LogP contribution is -2.19. The molecule has 100 valence electrons. The lowest BCUT2D eigenvalue weighted by molar-refractivity contribution is -0.276. The van der Waals surface area contributed by atoms with Crippen LogP contribution in [0.2, 0.25) is 0 Å². The van der Waals surface area contributed by atoms with Crippen LogP contribution in [0.3, 0.4) is 0 Å². The van der Waals surface area contributed by atoms with Crippen molar-refractivity contribution in [1.29, 1.82) is 0 Å². The van der Waals surface area contributed by atoms with Gasteiger partial charge in [0.15, 0.2) is 0 Å². The Hall–Kier alpha value is -1.10. The maximum absolute atomic E-state index is 12.0. The van der Waals surface area contributed by atoms with Gasteiger partial charge in [-0.15, -0.1) is 13.2 Å². The van der Waals surface area contributed by atoms with Gasteiger partial charge in [-0.25, -0.2) is 4.98 Å². The molecule has 1 rings (SSSR count). The molecule has 0 radical (unpaired) electrons. The number of alkyl halides is 3. The molecule has 0 unspecified atom stereocenters. The summed E-state index contributed by atoms with van der Waals surface area (Å²) in [5.41, 5.74) is 5.96. The van der Waals surface area contributed by atoms with E-state index in [0.29, 0.717) is 5.56 Å². The highest BCUT2D eigenvalue weighted by molar-refractivity contribution is 14.1. The molecular formula is C9H8F3IN2O3. The van der Waals surface area contributed by atoms with Crippen molar-refractivity contribution >= 4 is 28.6 Å². The van der Waals surface area contributed by atoms with Gasteiger partial charge in [-0.3, -0.25) is 4.79 Å². The van der Waals surface area contributed by atoms with E-state index in [1.54, 1.807) is 22.6 Å². The number of aromatic nitrogens is 1. The third-order valence-electron chi connectivity index (χ3n) is 1.91. The van der Waals surface area contributed by atoms with Gasteiger partial charge in [-0.2, -0.15) is 0 Å². The van der Waals surface area contributed by atoms with Crippen LogP contribution in [-0.2, 0) is 17.8 Å². The topological polar surface area (TPSA) is 85.4 Å². The van der Waals surface area contributed by atoms with E-state index in [1.165, 1.54) is 0 Å². The third kappa shape index (κ3) is 4.29. The number of aliphatic carboxylic acids is 1. The van der Waals surface area contributed by atoms with Crippen LogP contribution in [0.4, 0.5) is 13.2 Å². The molecule has 18 heavy (non-hydrogen) atoms. The minimum absolute atomic E-state index is 0.0137. The molecule has 0 bridgehead atoms. The molecule has 3 N–H and O–H groups in total. The monoisotopic (exact) mass is 376 g/mol. The summed E-state index contributed by atoms with van der Waals surface area (Å²) in [6.45, 7) is -0.0137. The Kier molecular flexibility index (Phi) is 4.73. The fourth-order valence-electron chi connectivity index (χ4n) is 1.27. The molecule has 0 aliphatic carbocycles. The Bertz CT molecular complexity index is 465. The molecule has 0 fully saturated rings. The Morgan fingerprint density at radius 3 is 2.61 bits per heavy atom. The van der Waals surface area contributed by atoms with E-state index >= 15 is 0 Å². The number of carbonyl (C=O) groups is 1. The summed E-state index contributed by atoms with van der Waals surface area (Å²) in [5, 5.41) is 8.67. The van der Waals surface area contributed by atoms with Crippen molar-refractivity contribution in [2.75, 3.05) is 0 Å². The molecule has 0 saturated heterocycles. The van der Waals surface area contributed by atoms with Gasteiger partial charge in [0, 0.05) is 18.2 Å². The number of carboxylic acid groups (broad SMARTS) is 1. The minimum atomic E-state index is -4.87. The van der Waals surface area contributed by atoms with Crippen molar-refractivity contribution in [2.24, 2.45) is 5.73 Å². The first-order chi connectivity index (χ1) is 8.23. The second-order valence-corrected chi connectivity index (χ2v) is 4.23. The van der Waals surface area contributed by atoms with E-state index in [9.17, 15) is 18.0 Å². The number of ether oxygens (including phenoxy) is 1. The molecule has 1 heterocycles. The SMILES string of the molecule is NCc1c(CC(=O)O)cc(OC(F)(F)F)nc1I. The lowest BCUT2D eigenvalue weighted by atomic mass is 10.1. The fourth-order valence-corrected chi connectivity index (χ4v) is 2.08. The standard InChI is InChI=1S/C9H8F3IN2O3/c10-9(11,12)18-6-1-4(2-7(16)17)5(3-14)8(13)15-6/h1H,2-3,14H2,(H,16,17). The predicted octanol–water partition coefficient (Wildman–Crippen LogP) is 1.67. The number of halogens is 4. The number of nitrogens with two attached hydrogens (primary N) is 1. The minimum Gasteiger partial charge on any atom is -0.481 e. The quantitative estimate of drug-likeness (QED) is 0.617. The van der Waals surface area contributed by atoms with Crippen molar-refractivity contribution in [1.82, 2.24) is 4.98 Å². The van der Waals surface area contributed by atoms with Gasteiger partial charge in [0.05, 0.1) is 6.42 Å². The average Bonchev–Trinajstić information content (AvgIpc) is 2.13. The summed E-state index contributed by atoms with van der Waals surface area (Å²) >= 11 is 1.68. The Balaban J connectivity index is 3.17. The molecule has 0 aliphatic heterocycles. The van der Waals surface area contributed by atoms with Crippen LogP contribution in [0.15, 0.2) is 6.07 Å². The first-order valence-corrected chi connectivity index (χ1v) is 5.66. The summed E-state index contributed by atoms with van der Waals surface area (Å²) in [5.74, 6) is -1.87. The van der Waals surface area contributed by atoms with Crippen LogP contribution < -0.4 is 10.5 Å². The van der Waals surface area contributed by atoms with E-state index in [4.69, 9.17) is 10.8 Å². The first kappa shape index (κ1) is 15.0. The van der Waals surface area contributed by atoms with Gasteiger partial charge in [-0.05, 0) is 28.2 Å². The number of nitrogens with zero attached hydrogens (tertiary/aromatic N) is 1. The highest BCUT2D eigenvalue weighted by Gasteiger charge is 2.32. The second kappa shape index (κ2) is 5.69. The maximum atomic E-state index is 12.0. The molecule has 1 aromatic heterocycles. The number of pyridine rings is 1. The lowest BCUT2D eigenvalue weighted by Gasteiger charge is -2.12. The molecule has 0 amide bonds. The van der Waals surface area contributed by atoms with Gasteiger partial charge in [-0.1, -0.05) is 0 Å². The molecule has 0 aliphatic rings. The van der Waals surface area contributed by atoms with Crippen LogP contribution >= 0.6 is 22.6 Å². The van der Waals surface area contributed by atoms with Crippen LogP contribution in [0, 0.1) is 3.70 Å². The van der Waals surface area contributed by atoms with E-state index in [0.717, 1.165) is 6.07 Å². The van der Waals surface area contributed by atoms with Gasteiger partial charge in [0.25, 0.3) is 0 Å². The smallest absolute Gasteiger partial charge is 0.481 e. The van der Waals surface area contributed by atoms with Gasteiger partial charge in [0.2, 0.25) is 5.88 Å². The Morgan fingerprint density at radius 2 is 2.17 bits per heavy atom. The maximum Gasteiger partial charge on any atom is 0.574 e. The zero-order valence-electron chi connectivity index (χ0n) is 8.79.